The van der Waals surface area contributed by atoms with Crippen LogP contribution in [0.15, 0.2) is 47.7 Å². The predicted octanol–water partition coefficient (Wildman–Crippen LogP) is 3.22. The summed E-state index contributed by atoms with van der Waals surface area (Å²) in [5, 5.41) is 17.7. The van der Waals surface area contributed by atoms with Crippen LogP contribution < -0.4 is 10.6 Å². The molecule has 1 aromatic carbocycles. The van der Waals surface area contributed by atoms with Gasteiger partial charge in [0.25, 0.3) is 0 Å². The van der Waals surface area contributed by atoms with E-state index in [1.54, 1.807) is 24.4 Å². The topological polar surface area (TPSA) is 69.5 Å². The van der Waals surface area contributed by atoms with Crippen LogP contribution >= 0.6 is 23.2 Å². The fourth-order valence-electron chi connectivity index (χ4n) is 2.26. The van der Waals surface area contributed by atoms with Crippen molar-refractivity contribution in [2.75, 3.05) is 19.6 Å². The zero-order chi connectivity index (χ0) is 18.1. The number of pyridine rings is 1. The summed E-state index contributed by atoms with van der Waals surface area (Å²) in [6.07, 6.45) is 3.67. The van der Waals surface area contributed by atoms with Gasteiger partial charge in [0.05, 0.1) is 12.6 Å². The summed E-state index contributed by atoms with van der Waals surface area (Å²) in [5.74, 6) is 0.651. The van der Waals surface area contributed by atoms with Crippen LogP contribution in [0.5, 0.6) is 0 Å². The Morgan fingerprint density at radius 1 is 1.24 bits per heavy atom. The van der Waals surface area contributed by atoms with Crippen LogP contribution in [0, 0.1) is 0 Å². The van der Waals surface area contributed by atoms with Gasteiger partial charge in [-0.15, -0.1) is 0 Å². The second-order valence-corrected chi connectivity index (χ2v) is 6.35. The van der Waals surface area contributed by atoms with Gasteiger partial charge in [0.1, 0.15) is 0 Å². The van der Waals surface area contributed by atoms with Crippen molar-refractivity contribution in [1.29, 1.82) is 0 Å². The van der Waals surface area contributed by atoms with Gasteiger partial charge in [0, 0.05) is 35.5 Å². The molecule has 0 saturated carbocycles. The highest BCUT2D eigenvalue weighted by molar-refractivity contribution is 6.34. The van der Waals surface area contributed by atoms with Crippen molar-refractivity contribution in [3.05, 3.63) is 63.9 Å². The summed E-state index contributed by atoms with van der Waals surface area (Å²) in [6.45, 7) is 3.65. The lowest BCUT2D eigenvalue weighted by Crippen LogP contribution is -2.38. The lowest BCUT2D eigenvalue weighted by atomic mass is 10.1. The maximum absolute atomic E-state index is 10.3. The standard InChI is InChI=1S/C18H22Cl2N4O/c1-2-22-18(23-7-5-13-4-3-6-21-11-13)24-12-17(25)14-8-15(19)10-16(20)9-14/h3-4,6,8-11,17,25H,2,5,7,12H2,1H3,(H2,22,23,24). The highest BCUT2D eigenvalue weighted by atomic mass is 35.5. The zero-order valence-corrected chi connectivity index (χ0v) is 15.6. The number of aliphatic hydroxyl groups is 1. The number of halogens is 2. The summed E-state index contributed by atoms with van der Waals surface area (Å²) in [6, 6.07) is 8.96. The maximum atomic E-state index is 10.3. The van der Waals surface area contributed by atoms with E-state index >= 15 is 0 Å². The van der Waals surface area contributed by atoms with Crippen LogP contribution in [0.1, 0.15) is 24.2 Å². The van der Waals surface area contributed by atoms with Crippen LogP contribution in [0.4, 0.5) is 0 Å². The molecule has 0 spiro atoms. The Balaban J connectivity index is 1.91. The van der Waals surface area contributed by atoms with Crippen molar-refractivity contribution >= 4 is 29.2 Å². The zero-order valence-electron chi connectivity index (χ0n) is 14.0. The summed E-state index contributed by atoms with van der Waals surface area (Å²) in [7, 11) is 0. The average molecular weight is 381 g/mol. The van der Waals surface area contributed by atoms with Crippen LogP contribution in [0.2, 0.25) is 10.0 Å². The number of benzene rings is 1. The molecule has 1 heterocycles. The lowest BCUT2D eigenvalue weighted by Gasteiger charge is -2.14. The SMILES string of the molecule is CCNC(=NCC(O)c1cc(Cl)cc(Cl)c1)NCCc1cccnc1. The third-order valence-electron chi connectivity index (χ3n) is 3.47. The highest BCUT2D eigenvalue weighted by Crippen LogP contribution is 2.23. The molecule has 2 aromatic rings. The third kappa shape index (κ3) is 6.90. The summed E-state index contributed by atoms with van der Waals surface area (Å²) >= 11 is 11.9. The van der Waals surface area contributed by atoms with Gasteiger partial charge in [-0.25, -0.2) is 0 Å². The molecule has 0 saturated heterocycles. The first kappa shape index (κ1) is 19.5. The fraction of sp³-hybridized carbons (Fsp3) is 0.333. The van der Waals surface area contributed by atoms with Gasteiger partial charge in [-0.1, -0.05) is 29.3 Å². The quantitative estimate of drug-likeness (QED) is 0.509. The molecule has 25 heavy (non-hydrogen) atoms. The highest BCUT2D eigenvalue weighted by Gasteiger charge is 2.09. The molecule has 1 aromatic heterocycles. The molecular formula is C18H22Cl2N4O. The Bertz CT molecular complexity index is 674. The van der Waals surface area contributed by atoms with Gasteiger partial charge in [0.15, 0.2) is 5.96 Å². The number of hydrogen-bond acceptors (Lipinski definition) is 3. The van der Waals surface area contributed by atoms with Crippen molar-refractivity contribution in [2.45, 2.75) is 19.4 Å². The Labute approximate surface area is 158 Å². The Morgan fingerprint density at radius 2 is 2.00 bits per heavy atom. The van der Waals surface area contributed by atoms with Gasteiger partial charge in [-0.2, -0.15) is 0 Å². The summed E-state index contributed by atoms with van der Waals surface area (Å²) < 4.78 is 0. The number of aliphatic hydroxyl groups excluding tert-OH is 1. The molecule has 0 aliphatic carbocycles. The van der Waals surface area contributed by atoms with Crippen LogP contribution in [0.3, 0.4) is 0 Å². The second kappa shape index (κ2) is 10.2. The monoisotopic (exact) mass is 380 g/mol. The smallest absolute Gasteiger partial charge is 0.191 e. The molecular weight excluding hydrogens is 359 g/mol. The summed E-state index contributed by atoms with van der Waals surface area (Å²) in [5.41, 5.74) is 1.80. The number of nitrogens with one attached hydrogen (secondary N) is 2. The van der Waals surface area contributed by atoms with Crippen LogP contribution in [0.25, 0.3) is 0 Å². The molecule has 134 valence electrons. The molecule has 2 rings (SSSR count). The minimum absolute atomic E-state index is 0.207. The van der Waals surface area contributed by atoms with E-state index in [-0.39, 0.29) is 6.54 Å². The molecule has 7 heteroatoms. The van der Waals surface area contributed by atoms with Gasteiger partial charge < -0.3 is 15.7 Å². The van der Waals surface area contributed by atoms with E-state index in [0.717, 1.165) is 25.1 Å². The maximum Gasteiger partial charge on any atom is 0.191 e. The Hall–Kier alpha value is -1.82. The molecule has 0 fully saturated rings. The van der Waals surface area contributed by atoms with Gasteiger partial charge >= 0.3 is 0 Å². The molecule has 1 atom stereocenters. The Kier molecular flexibility index (Phi) is 7.98. The first-order valence-corrected chi connectivity index (χ1v) is 8.89. The van der Waals surface area contributed by atoms with Gasteiger partial charge in [-0.3, -0.25) is 9.98 Å². The van der Waals surface area contributed by atoms with Crippen LogP contribution in [-0.2, 0) is 6.42 Å². The van der Waals surface area contributed by atoms with Gasteiger partial charge in [-0.05, 0) is 48.7 Å². The predicted molar refractivity (Wildman–Crippen MR) is 103 cm³/mol. The molecule has 3 N–H and O–H groups in total. The molecule has 0 aliphatic rings. The number of aromatic nitrogens is 1. The van der Waals surface area contributed by atoms with Gasteiger partial charge in [0.2, 0.25) is 0 Å². The average Bonchev–Trinajstić information content (AvgIpc) is 2.59. The molecule has 0 bridgehead atoms. The number of aliphatic imine (C=N–C) groups is 1. The van der Waals surface area contributed by atoms with Crippen molar-refractivity contribution < 1.29 is 5.11 Å². The van der Waals surface area contributed by atoms with E-state index in [2.05, 4.69) is 20.6 Å². The second-order valence-electron chi connectivity index (χ2n) is 5.48. The molecule has 0 amide bonds. The van der Waals surface area contributed by atoms with Crippen molar-refractivity contribution in [2.24, 2.45) is 4.99 Å². The fourth-order valence-corrected chi connectivity index (χ4v) is 2.81. The molecule has 0 radical (unpaired) electrons. The number of rotatable bonds is 7. The van der Waals surface area contributed by atoms with Crippen molar-refractivity contribution in [3.63, 3.8) is 0 Å². The van der Waals surface area contributed by atoms with E-state index in [1.165, 1.54) is 0 Å². The lowest BCUT2D eigenvalue weighted by molar-refractivity contribution is 0.187. The van der Waals surface area contributed by atoms with Crippen molar-refractivity contribution in [3.8, 4) is 0 Å². The van der Waals surface area contributed by atoms with E-state index in [1.807, 2.05) is 25.3 Å². The van der Waals surface area contributed by atoms with Crippen molar-refractivity contribution in [1.82, 2.24) is 15.6 Å². The Morgan fingerprint density at radius 3 is 2.64 bits per heavy atom. The first-order valence-electron chi connectivity index (χ1n) is 8.13. The minimum atomic E-state index is -0.773. The third-order valence-corrected chi connectivity index (χ3v) is 3.90. The molecule has 5 nitrogen and oxygen atoms in total. The normalized spacial score (nSPS) is 12.7. The molecule has 1 unspecified atom stereocenters. The molecule has 0 aliphatic heterocycles. The number of guanidine groups is 1. The van der Waals surface area contributed by atoms with Crippen LogP contribution in [-0.4, -0.2) is 35.7 Å². The van der Waals surface area contributed by atoms with E-state index < -0.39 is 6.10 Å². The van der Waals surface area contributed by atoms with E-state index in [0.29, 0.717) is 21.6 Å². The minimum Gasteiger partial charge on any atom is -0.386 e. The largest absolute Gasteiger partial charge is 0.386 e. The summed E-state index contributed by atoms with van der Waals surface area (Å²) in [4.78, 5) is 8.52. The number of hydrogen-bond donors (Lipinski definition) is 3. The first-order chi connectivity index (χ1) is 12.1. The number of nitrogens with zero attached hydrogens (tertiary/aromatic N) is 2. The van der Waals surface area contributed by atoms with E-state index in [4.69, 9.17) is 23.2 Å². The van der Waals surface area contributed by atoms with E-state index in [9.17, 15) is 5.11 Å².